The van der Waals surface area contributed by atoms with E-state index in [0.717, 1.165) is 21.9 Å². The topological polar surface area (TPSA) is 50.7 Å². The molecule has 1 aromatic carbocycles. The van der Waals surface area contributed by atoms with E-state index < -0.39 is 0 Å². The van der Waals surface area contributed by atoms with Crippen LogP contribution in [-0.4, -0.2) is 18.2 Å². The number of halogens is 1. The van der Waals surface area contributed by atoms with Crippen molar-refractivity contribution in [3.05, 3.63) is 28.3 Å². The number of amides is 1. The van der Waals surface area contributed by atoms with Gasteiger partial charge < -0.3 is 4.74 Å². The SMILES string of the molecule is CC(=NNC(=O)COc1cc(C)c(Cl)c(C)c1)C1CC1. The molecule has 0 saturated heterocycles. The third kappa shape index (κ3) is 3.97. The summed E-state index contributed by atoms with van der Waals surface area (Å²) in [7, 11) is 0. The first-order valence-corrected chi connectivity index (χ1v) is 7.07. The quantitative estimate of drug-likeness (QED) is 0.669. The first-order chi connectivity index (χ1) is 9.47. The van der Waals surface area contributed by atoms with Crippen molar-refractivity contribution >= 4 is 23.2 Å². The van der Waals surface area contributed by atoms with E-state index in [1.165, 1.54) is 12.8 Å². The molecule has 5 heteroatoms. The van der Waals surface area contributed by atoms with Crippen molar-refractivity contribution < 1.29 is 9.53 Å². The molecule has 1 aliphatic carbocycles. The molecule has 1 fully saturated rings. The zero-order valence-electron chi connectivity index (χ0n) is 12.0. The van der Waals surface area contributed by atoms with Crippen molar-refractivity contribution in [1.29, 1.82) is 0 Å². The van der Waals surface area contributed by atoms with E-state index >= 15 is 0 Å². The highest BCUT2D eigenvalue weighted by atomic mass is 35.5. The second kappa shape index (κ2) is 6.27. The lowest BCUT2D eigenvalue weighted by atomic mass is 10.1. The van der Waals surface area contributed by atoms with Crippen molar-refractivity contribution in [2.24, 2.45) is 11.0 Å². The molecular weight excluding hydrogens is 276 g/mol. The minimum absolute atomic E-state index is 0.0536. The van der Waals surface area contributed by atoms with Gasteiger partial charge in [0.2, 0.25) is 0 Å². The first-order valence-electron chi connectivity index (χ1n) is 6.70. The van der Waals surface area contributed by atoms with Gasteiger partial charge in [0.1, 0.15) is 5.75 Å². The number of hydrazone groups is 1. The van der Waals surface area contributed by atoms with E-state index in [9.17, 15) is 4.79 Å². The molecule has 2 rings (SSSR count). The molecule has 1 aliphatic rings. The Morgan fingerprint density at radius 3 is 2.55 bits per heavy atom. The highest BCUT2D eigenvalue weighted by molar-refractivity contribution is 6.32. The zero-order valence-corrected chi connectivity index (χ0v) is 12.8. The van der Waals surface area contributed by atoms with Crippen LogP contribution < -0.4 is 10.2 Å². The number of hydrogen-bond acceptors (Lipinski definition) is 3. The summed E-state index contributed by atoms with van der Waals surface area (Å²) in [6.45, 7) is 5.70. The minimum atomic E-state index is -0.254. The molecule has 4 nitrogen and oxygen atoms in total. The first kappa shape index (κ1) is 14.9. The summed E-state index contributed by atoms with van der Waals surface area (Å²) < 4.78 is 5.45. The molecule has 0 bridgehead atoms. The maximum atomic E-state index is 11.6. The monoisotopic (exact) mass is 294 g/mol. The van der Waals surface area contributed by atoms with Crippen LogP contribution in [0.25, 0.3) is 0 Å². The number of carbonyl (C=O) groups excluding carboxylic acids is 1. The summed E-state index contributed by atoms with van der Waals surface area (Å²) in [6, 6.07) is 3.64. The van der Waals surface area contributed by atoms with Crippen molar-refractivity contribution in [1.82, 2.24) is 5.43 Å². The molecule has 0 aliphatic heterocycles. The molecule has 108 valence electrons. The summed E-state index contributed by atoms with van der Waals surface area (Å²) in [4.78, 5) is 11.6. The maximum Gasteiger partial charge on any atom is 0.277 e. The molecule has 1 aromatic rings. The maximum absolute atomic E-state index is 11.6. The van der Waals surface area contributed by atoms with Gasteiger partial charge in [0.15, 0.2) is 6.61 Å². The fraction of sp³-hybridized carbons (Fsp3) is 0.467. The van der Waals surface area contributed by atoms with Gasteiger partial charge in [0, 0.05) is 10.7 Å². The lowest BCUT2D eigenvalue weighted by Crippen LogP contribution is -2.25. The summed E-state index contributed by atoms with van der Waals surface area (Å²) in [5.74, 6) is 0.940. The fourth-order valence-electron chi connectivity index (χ4n) is 1.91. The van der Waals surface area contributed by atoms with Crippen LogP contribution in [0.15, 0.2) is 17.2 Å². The Morgan fingerprint density at radius 2 is 2.00 bits per heavy atom. The summed E-state index contributed by atoms with van der Waals surface area (Å²) in [5.41, 5.74) is 5.37. The highest BCUT2D eigenvalue weighted by Gasteiger charge is 2.24. The Labute approximate surface area is 124 Å². The van der Waals surface area contributed by atoms with E-state index in [1.54, 1.807) is 0 Å². The minimum Gasteiger partial charge on any atom is -0.484 e. The molecule has 0 spiro atoms. The number of nitrogens with one attached hydrogen (secondary N) is 1. The molecule has 0 aromatic heterocycles. The van der Waals surface area contributed by atoms with Gasteiger partial charge in [-0.05, 0) is 62.8 Å². The Hall–Kier alpha value is -1.55. The summed E-state index contributed by atoms with van der Waals surface area (Å²) in [5, 5.41) is 4.79. The molecule has 1 saturated carbocycles. The number of ether oxygens (including phenoxy) is 1. The van der Waals surface area contributed by atoms with Crippen LogP contribution in [0.5, 0.6) is 5.75 Å². The van der Waals surface area contributed by atoms with Crippen LogP contribution in [0, 0.1) is 19.8 Å². The van der Waals surface area contributed by atoms with Crippen LogP contribution in [0.3, 0.4) is 0 Å². The lowest BCUT2D eigenvalue weighted by Gasteiger charge is -2.09. The standard InChI is InChI=1S/C15H19ClN2O2/c1-9-6-13(7-10(2)15(9)16)20-8-14(19)18-17-11(3)12-4-5-12/h6-7,12H,4-5,8H2,1-3H3,(H,18,19). The third-order valence-electron chi connectivity index (χ3n) is 3.31. The van der Waals surface area contributed by atoms with E-state index in [-0.39, 0.29) is 12.5 Å². The van der Waals surface area contributed by atoms with Crippen LogP contribution in [0.4, 0.5) is 0 Å². The van der Waals surface area contributed by atoms with Gasteiger partial charge in [-0.3, -0.25) is 4.79 Å². The van der Waals surface area contributed by atoms with Gasteiger partial charge in [0.05, 0.1) is 0 Å². The molecule has 0 unspecified atom stereocenters. The molecule has 0 atom stereocenters. The Bertz CT molecular complexity index is 528. The van der Waals surface area contributed by atoms with Gasteiger partial charge in [0.25, 0.3) is 5.91 Å². The average molecular weight is 295 g/mol. The van der Waals surface area contributed by atoms with E-state index in [2.05, 4.69) is 10.5 Å². The van der Waals surface area contributed by atoms with Crippen molar-refractivity contribution in [2.75, 3.05) is 6.61 Å². The number of carbonyl (C=O) groups is 1. The number of hydrogen-bond donors (Lipinski definition) is 1. The number of benzene rings is 1. The molecule has 0 radical (unpaired) electrons. The molecule has 20 heavy (non-hydrogen) atoms. The largest absolute Gasteiger partial charge is 0.484 e. The van der Waals surface area contributed by atoms with Crippen LogP contribution >= 0.6 is 11.6 Å². The van der Waals surface area contributed by atoms with Crippen molar-refractivity contribution in [3.8, 4) is 5.75 Å². The molecule has 1 amide bonds. The smallest absolute Gasteiger partial charge is 0.277 e. The van der Waals surface area contributed by atoms with Crippen molar-refractivity contribution in [2.45, 2.75) is 33.6 Å². The fourth-order valence-corrected chi connectivity index (χ4v) is 2.02. The summed E-state index contributed by atoms with van der Waals surface area (Å²) in [6.07, 6.45) is 2.34. The van der Waals surface area contributed by atoms with Gasteiger partial charge in [-0.1, -0.05) is 11.6 Å². The number of rotatable bonds is 5. The van der Waals surface area contributed by atoms with Gasteiger partial charge in [-0.2, -0.15) is 5.10 Å². The Kier molecular flexibility index (Phi) is 4.65. The molecule has 1 N–H and O–H groups in total. The van der Waals surface area contributed by atoms with E-state index in [4.69, 9.17) is 16.3 Å². The predicted molar refractivity (Wildman–Crippen MR) is 80.4 cm³/mol. The van der Waals surface area contributed by atoms with E-state index in [0.29, 0.717) is 11.7 Å². The van der Waals surface area contributed by atoms with Crippen LogP contribution in [0.2, 0.25) is 5.02 Å². The second-order valence-corrected chi connectivity index (χ2v) is 5.60. The number of aryl methyl sites for hydroxylation is 2. The third-order valence-corrected chi connectivity index (χ3v) is 3.90. The number of nitrogens with zero attached hydrogens (tertiary/aromatic N) is 1. The summed E-state index contributed by atoms with van der Waals surface area (Å²) >= 11 is 6.08. The normalized spacial score (nSPS) is 15.1. The van der Waals surface area contributed by atoms with E-state index in [1.807, 2.05) is 32.9 Å². The predicted octanol–water partition coefficient (Wildman–Crippen LogP) is 3.24. The van der Waals surface area contributed by atoms with Gasteiger partial charge in [-0.15, -0.1) is 0 Å². The Balaban J connectivity index is 1.85. The van der Waals surface area contributed by atoms with Crippen LogP contribution in [0.1, 0.15) is 30.9 Å². The molecular formula is C15H19ClN2O2. The average Bonchev–Trinajstić information content (AvgIpc) is 3.24. The zero-order chi connectivity index (χ0) is 14.7. The second-order valence-electron chi connectivity index (χ2n) is 5.22. The van der Waals surface area contributed by atoms with Gasteiger partial charge >= 0.3 is 0 Å². The van der Waals surface area contributed by atoms with Crippen LogP contribution in [-0.2, 0) is 4.79 Å². The lowest BCUT2D eigenvalue weighted by molar-refractivity contribution is -0.123. The van der Waals surface area contributed by atoms with Gasteiger partial charge in [-0.25, -0.2) is 5.43 Å². The molecule has 0 heterocycles. The highest BCUT2D eigenvalue weighted by Crippen LogP contribution is 2.30. The Morgan fingerprint density at radius 1 is 1.40 bits per heavy atom. The van der Waals surface area contributed by atoms with Crippen molar-refractivity contribution in [3.63, 3.8) is 0 Å².